The minimum atomic E-state index is -0.170. The highest BCUT2D eigenvalue weighted by molar-refractivity contribution is 5.57. The highest BCUT2D eigenvalue weighted by atomic mass is 19.1. The Labute approximate surface area is 121 Å². The Morgan fingerprint density at radius 2 is 1.80 bits per heavy atom. The van der Waals surface area contributed by atoms with E-state index in [4.69, 9.17) is 5.73 Å². The number of likely N-dealkylation sites (N-methyl/N-ethyl adjacent to an activating group) is 1. The number of hydrogen-bond acceptors (Lipinski definition) is 3. The summed E-state index contributed by atoms with van der Waals surface area (Å²) in [5.74, 6) is -0.170. The van der Waals surface area contributed by atoms with Crippen molar-refractivity contribution in [3.05, 3.63) is 29.1 Å². The van der Waals surface area contributed by atoms with Crippen LogP contribution in [0.2, 0.25) is 0 Å². The van der Waals surface area contributed by atoms with Crippen LogP contribution in [-0.4, -0.2) is 37.1 Å². The molecule has 1 heterocycles. The highest BCUT2D eigenvalue weighted by Gasteiger charge is 2.28. The average molecular weight is 279 g/mol. The van der Waals surface area contributed by atoms with E-state index in [2.05, 4.69) is 30.7 Å². The second kappa shape index (κ2) is 5.70. The Kier molecular flexibility index (Phi) is 4.35. The van der Waals surface area contributed by atoms with Crippen LogP contribution in [0.1, 0.15) is 37.9 Å². The number of hydrogen-bond donors (Lipinski definition) is 1. The van der Waals surface area contributed by atoms with Gasteiger partial charge in [-0.25, -0.2) is 4.39 Å². The van der Waals surface area contributed by atoms with Gasteiger partial charge in [0.15, 0.2) is 0 Å². The fraction of sp³-hybridized carbons (Fsp3) is 0.625. The normalized spacial score (nSPS) is 25.9. The third-order valence-electron chi connectivity index (χ3n) is 4.50. The van der Waals surface area contributed by atoms with Crippen molar-refractivity contribution in [2.75, 3.05) is 25.0 Å². The Morgan fingerprint density at radius 1 is 1.25 bits per heavy atom. The molecule has 2 N–H and O–H groups in total. The molecule has 0 saturated carbocycles. The monoisotopic (exact) mass is 279 g/mol. The van der Waals surface area contributed by atoms with Crippen molar-refractivity contribution in [3.8, 4) is 0 Å². The van der Waals surface area contributed by atoms with Gasteiger partial charge in [0.2, 0.25) is 0 Å². The number of rotatable bonds is 2. The maximum atomic E-state index is 13.8. The fourth-order valence-electron chi connectivity index (χ4n) is 2.92. The van der Waals surface area contributed by atoms with Crippen molar-refractivity contribution in [3.63, 3.8) is 0 Å². The molecular weight excluding hydrogens is 253 g/mol. The lowest BCUT2D eigenvalue weighted by Gasteiger charge is -2.44. The van der Waals surface area contributed by atoms with Crippen molar-refractivity contribution in [2.24, 2.45) is 5.73 Å². The van der Waals surface area contributed by atoms with Crippen molar-refractivity contribution in [1.82, 2.24) is 4.90 Å². The van der Waals surface area contributed by atoms with Gasteiger partial charge in [0.1, 0.15) is 5.82 Å². The van der Waals surface area contributed by atoms with E-state index in [0.29, 0.717) is 17.6 Å². The third-order valence-corrected chi connectivity index (χ3v) is 4.50. The number of halogens is 1. The molecule has 112 valence electrons. The molecule has 4 heteroatoms. The van der Waals surface area contributed by atoms with E-state index in [9.17, 15) is 4.39 Å². The van der Waals surface area contributed by atoms with Crippen molar-refractivity contribution >= 4 is 5.69 Å². The predicted molar refractivity (Wildman–Crippen MR) is 82.6 cm³/mol. The summed E-state index contributed by atoms with van der Waals surface area (Å²) in [6, 6.07) is 4.34. The van der Waals surface area contributed by atoms with E-state index in [1.54, 1.807) is 6.07 Å². The summed E-state index contributed by atoms with van der Waals surface area (Å²) in [5, 5.41) is 0. The van der Waals surface area contributed by atoms with Gasteiger partial charge < -0.3 is 10.6 Å². The Hall–Kier alpha value is -1.13. The number of nitrogens with two attached hydrogens (primary N) is 1. The molecule has 0 bridgehead atoms. The molecule has 0 radical (unpaired) electrons. The molecule has 1 aromatic rings. The number of nitrogens with zero attached hydrogens (tertiary/aromatic N) is 2. The zero-order valence-electron chi connectivity index (χ0n) is 13.2. The second-order valence-corrected chi connectivity index (χ2v) is 6.22. The quantitative estimate of drug-likeness (QED) is 0.903. The van der Waals surface area contributed by atoms with Crippen molar-refractivity contribution < 1.29 is 4.39 Å². The second-order valence-electron chi connectivity index (χ2n) is 6.22. The van der Waals surface area contributed by atoms with E-state index >= 15 is 0 Å². The highest BCUT2D eigenvalue weighted by Crippen LogP contribution is 2.30. The summed E-state index contributed by atoms with van der Waals surface area (Å²) in [4.78, 5) is 4.74. The molecule has 1 saturated heterocycles. The molecule has 1 aliphatic rings. The fourth-order valence-corrected chi connectivity index (χ4v) is 2.92. The third kappa shape index (κ3) is 2.81. The molecule has 1 aliphatic heterocycles. The molecule has 0 aliphatic carbocycles. The van der Waals surface area contributed by atoms with E-state index in [1.165, 1.54) is 0 Å². The van der Waals surface area contributed by atoms with Crippen LogP contribution >= 0.6 is 0 Å². The standard InChI is InChI=1S/C16H26FN3/c1-10-6-16(14(13(4)18)7-15(10)17)20-8-11(2)19(5)12(3)9-20/h6-7,11-13H,8-9,18H2,1-5H3/t11?,12?,13-/m0/s1. The van der Waals surface area contributed by atoms with Gasteiger partial charge in [-0.1, -0.05) is 0 Å². The Bertz CT molecular complexity index is 475. The summed E-state index contributed by atoms with van der Waals surface area (Å²) in [6.45, 7) is 10.1. The summed E-state index contributed by atoms with van der Waals surface area (Å²) >= 11 is 0. The van der Waals surface area contributed by atoms with Gasteiger partial charge in [-0.15, -0.1) is 0 Å². The van der Waals surface area contributed by atoms with Crippen LogP contribution < -0.4 is 10.6 Å². The number of benzene rings is 1. The minimum absolute atomic E-state index is 0.162. The van der Waals surface area contributed by atoms with Gasteiger partial charge in [0, 0.05) is 36.9 Å². The lowest BCUT2D eigenvalue weighted by atomic mass is 10.00. The molecule has 2 unspecified atom stereocenters. The molecular formula is C16H26FN3. The molecule has 1 fully saturated rings. The topological polar surface area (TPSA) is 32.5 Å². The van der Waals surface area contributed by atoms with Gasteiger partial charge in [-0.3, -0.25) is 4.90 Å². The Balaban J connectivity index is 2.39. The van der Waals surface area contributed by atoms with E-state index < -0.39 is 0 Å². The molecule has 3 atom stereocenters. The van der Waals surface area contributed by atoms with Crippen LogP contribution in [-0.2, 0) is 0 Å². The largest absolute Gasteiger partial charge is 0.368 e. The zero-order chi connectivity index (χ0) is 15.0. The molecule has 0 amide bonds. The molecule has 0 spiro atoms. The average Bonchev–Trinajstić information content (AvgIpc) is 2.37. The maximum absolute atomic E-state index is 13.8. The van der Waals surface area contributed by atoms with Crippen LogP contribution in [0, 0.1) is 12.7 Å². The first-order chi connectivity index (χ1) is 9.31. The van der Waals surface area contributed by atoms with E-state index in [-0.39, 0.29) is 11.9 Å². The zero-order valence-corrected chi connectivity index (χ0v) is 13.2. The van der Waals surface area contributed by atoms with Gasteiger partial charge in [0.05, 0.1) is 0 Å². The summed E-state index contributed by atoms with van der Waals surface area (Å²) in [7, 11) is 2.16. The summed E-state index contributed by atoms with van der Waals surface area (Å²) in [5.41, 5.74) is 8.71. The first kappa shape index (κ1) is 15.3. The van der Waals surface area contributed by atoms with Gasteiger partial charge >= 0.3 is 0 Å². The number of aryl methyl sites for hydroxylation is 1. The molecule has 2 rings (SSSR count). The van der Waals surface area contributed by atoms with Gasteiger partial charge in [-0.2, -0.15) is 0 Å². The van der Waals surface area contributed by atoms with E-state index in [1.807, 2.05) is 19.9 Å². The van der Waals surface area contributed by atoms with Crippen LogP contribution in [0.25, 0.3) is 0 Å². The lowest BCUT2D eigenvalue weighted by Crippen LogP contribution is -2.55. The van der Waals surface area contributed by atoms with Crippen LogP contribution in [0.5, 0.6) is 0 Å². The van der Waals surface area contributed by atoms with Crippen molar-refractivity contribution in [1.29, 1.82) is 0 Å². The predicted octanol–water partition coefficient (Wildman–Crippen LogP) is 2.68. The first-order valence-corrected chi connectivity index (χ1v) is 7.33. The Morgan fingerprint density at radius 3 is 2.30 bits per heavy atom. The smallest absolute Gasteiger partial charge is 0.126 e. The van der Waals surface area contributed by atoms with Crippen LogP contribution in [0.4, 0.5) is 10.1 Å². The summed E-state index contributed by atoms with van der Waals surface area (Å²) in [6.07, 6.45) is 0. The first-order valence-electron chi connectivity index (χ1n) is 7.33. The minimum Gasteiger partial charge on any atom is -0.368 e. The lowest BCUT2D eigenvalue weighted by molar-refractivity contribution is 0.170. The molecule has 0 aromatic heterocycles. The number of piperazine rings is 1. The maximum Gasteiger partial charge on any atom is 0.126 e. The molecule has 3 nitrogen and oxygen atoms in total. The molecule has 20 heavy (non-hydrogen) atoms. The molecule has 1 aromatic carbocycles. The van der Waals surface area contributed by atoms with Crippen LogP contribution in [0.15, 0.2) is 12.1 Å². The van der Waals surface area contributed by atoms with Crippen molar-refractivity contribution in [2.45, 2.75) is 45.8 Å². The van der Waals surface area contributed by atoms with E-state index in [0.717, 1.165) is 24.3 Å². The SMILES string of the molecule is Cc1cc(N2CC(C)N(C)C(C)C2)c([C@H](C)N)cc1F. The van der Waals surface area contributed by atoms with Crippen LogP contribution in [0.3, 0.4) is 0 Å². The number of anilines is 1. The van der Waals surface area contributed by atoms with Gasteiger partial charge in [-0.05, 0) is 58.0 Å². The van der Waals surface area contributed by atoms with Gasteiger partial charge in [0.25, 0.3) is 0 Å². The summed E-state index contributed by atoms with van der Waals surface area (Å²) < 4.78 is 13.8.